The summed E-state index contributed by atoms with van der Waals surface area (Å²) in [5.74, 6) is 1.12. The Bertz CT molecular complexity index is 893. The van der Waals surface area contributed by atoms with E-state index in [0.717, 1.165) is 22.4 Å². The van der Waals surface area contributed by atoms with Gasteiger partial charge < -0.3 is 4.74 Å². The van der Waals surface area contributed by atoms with E-state index in [1.54, 1.807) is 18.2 Å². The molecule has 0 radical (unpaired) electrons. The Hall–Kier alpha value is -3.13. The highest BCUT2D eigenvalue weighted by atomic mass is 16.6. The molecule has 134 valence electrons. The van der Waals surface area contributed by atoms with Crippen molar-refractivity contribution in [3.63, 3.8) is 0 Å². The predicted molar refractivity (Wildman–Crippen MR) is 103 cm³/mol. The number of nitro groups is 1. The summed E-state index contributed by atoms with van der Waals surface area (Å²) in [6.45, 7) is 8.68. The number of nitriles is 1. The molecule has 0 aliphatic rings. The summed E-state index contributed by atoms with van der Waals surface area (Å²) < 4.78 is 5.73. The first kappa shape index (κ1) is 19.2. The smallest absolute Gasteiger partial charge is 0.270 e. The number of aryl methyl sites for hydroxylation is 1. The second kappa shape index (κ2) is 8.30. The number of non-ortho nitro benzene ring substituents is 1. The Labute approximate surface area is 153 Å². The van der Waals surface area contributed by atoms with Gasteiger partial charge in [0, 0.05) is 12.1 Å². The molecule has 0 saturated heterocycles. The summed E-state index contributed by atoms with van der Waals surface area (Å²) in [5.41, 5.74) is 3.84. The van der Waals surface area contributed by atoms with Gasteiger partial charge in [-0.25, -0.2) is 0 Å². The van der Waals surface area contributed by atoms with Gasteiger partial charge in [0.1, 0.15) is 5.75 Å². The van der Waals surface area contributed by atoms with E-state index >= 15 is 0 Å². The van der Waals surface area contributed by atoms with Gasteiger partial charge >= 0.3 is 0 Å². The van der Waals surface area contributed by atoms with E-state index in [4.69, 9.17) is 4.74 Å². The van der Waals surface area contributed by atoms with Crippen molar-refractivity contribution in [2.75, 3.05) is 6.61 Å². The lowest BCUT2D eigenvalue weighted by atomic mass is 9.94. The van der Waals surface area contributed by atoms with Crippen LogP contribution in [0.4, 0.5) is 5.69 Å². The first-order valence-corrected chi connectivity index (χ1v) is 8.51. The molecule has 0 aliphatic carbocycles. The topological polar surface area (TPSA) is 76.2 Å². The molecule has 0 unspecified atom stereocenters. The lowest BCUT2D eigenvalue weighted by Crippen LogP contribution is -2.00. The van der Waals surface area contributed by atoms with Crippen LogP contribution in [-0.2, 0) is 0 Å². The number of hydrogen-bond donors (Lipinski definition) is 0. The van der Waals surface area contributed by atoms with Gasteiger partial charge in [0.05, 0.1) is 23.2 Å². The molecular weight excluding hydrogens is 328 g/mol. The average Bonchev–Trinajstić information content (AvgIpc) is 2.61. The van der Waals surface area contributed by atoms with Crippen molar-refractivity contribution in [2.24, 2.45) is 0 Å². The molecule has 2 aromatic carbocycles. The van der Waals surface area contributed by atoms with E-state index in [9.17, 15) is 15.4 Å². The van der Waals surface area contributed by atoms with Crippen molar-refractivity contribution in [3.8, 4) is 11.8 Å². The van der Waals surface area contributed by atoms with Crippen LogP contribution in [0.3, 0.4) is 0 Å². The molecule has 0 heterocycles. The Balaban J connectivity index is 2.56. The van der Waals surface area contributed by atoms with Crippen LogP contribution in [0.25, 0.3) is 11.6 Å². The first-order chi connectivity index (χ1) is 12.4. The molecule has 0 aromatic heterocycles. The van der Waals surface area contributed by atoms with E-state index in [-0.39, 0.29) is 11.6 Å². The quantitative estimate of drug-likeness (QED) is 0.299. The molecule has 0 saturated carbocycles. The summed E-state index contributed by atoms with van der Waals surface area (Å²) in [4.78, 5) is 10.5. The minimum Gasteiger partial charge on any atom is -0.494 e. The minimum atomic E-state index is -0.461. The van der Waals surface area contributed by atoms with Gasteiger partial charge in [-0.05, 0) is 60.2 Å². The molecule has 0 bridgehead atoms. The van der Waals surface area contributed by atoms with Crippen LogP contribution in [0.2, 0.25) is 0 Å². The molecule has 0 fully saturated rings. The van der Waals surface area contributed by atoms with Crippen molar-refractivity contribution in [1.29, 1.82) is 5.26 Å². The first-order valence-electron chi connectivity index (χ1n) is 8.51. The fourth-order valence-corrected chi connectivity index (χ4v) is 2.73. The third-order valence-electron chi connectivity index (χ3n) is 4.11. The normalized spacial score (nSPS) is 11.3. The zero-order valence-electron chi connectivity index (χ0n) is 15.4. The molecule has 0 atom stereocenters. The molecule has 0 aliphatic heterocycles. The van der Waals surface area contributed by atoms with Crippen LogP contribution >= 0.6 is 0 Å². The third-order valence-corrected chi connectivity index (χ3v) is 4.11. The fraction of sp³-hybridized carbons (Fsp3) is 0.286. The van der Waals surface area contributed by atoms with E-state index in [0.29, 0.717) is 17.7 Å². The lowest BCUT2D eigenvalue weighted by Gasteiger charge is -2.16. The monoisotopic (exact) mass is 350 g/mol. The zero-order valence-corrected chi connectivity index (χ0v) is 15.4. The average molecular weight is 350 g/mol. The van der Waals surface area contributed by atoms with Crippen LogP contribution in [0.5, 0.6) is 5.75 Å². The minimum absolute atomic E-state index is 0.0325. The van der Waals surface area contributed by atoms with Crippen LogP contribution in [0.15, 0.2) is 36.4 Å². The Morgan fingerprint density at radius 2 is 2.08 bits per heavy atom. The molecule has 5 nitrogen and oxygen atoms in total. The van der Waals surface area contributed by atoms with Crippen molar-refractivity contribution < 1.29 is 9.66 Å². The number of ether oxygens (including phenoxy) is 1. The molecule has 0 spiro atoms. The van der Waals surface area contributed by atoms with Gasteiger partial charge in [0.2, 0.25) is 0 Å². The number of hydrogen-bond acceptors (Lipinski definition) is 4. The second-order valence-electron chi connectivity index (χ2n) is 6.31. The Morgan fingerprint density at radius 3 is 2.65 bits per heavy atom. The summed E-state index contributed by atoms with van der Waals surface area (Å²) in [6.07, 6.45) is 1.77. The number of benzene rings is 2. The maximum absolute atomic E-state index is 11.0. The number of rotatable bonds is 6. The fourth-order valence-electron chi connectivity index (χ4n) is 2.73. The van der Waals surface area contributed by atoms with Crippen molar-refractivity contribution >= 4 is 17.3 Å². The summed E-state index contributed by atoms with van der Waals surface area (Å²) in [6, 6.07) is 12.3. The van der Waals surface area contributed by atoms with Crippen LogP contribution in [-0.4, -0.2) is 11.5 Å². The summed E-state index contributed by atoms with van der Waals surface area (Å²) >= 11 is 0. The predicted octanol–water partition coefficient (Wildman–Crippen LogP) is 5.49. The van der Waals surface area contributed by atoms with Crippen LogP contribution in [0, 0.1) is 28.4 Å². The van der Waals surface area contributed by atoms with Gasteiger partial charge in [-0.3, -0.25) is 10.1 Å². The van der Waals surface area contributed by atoms with E-state index < -0.39 is 4.92 Å². The number of nitro benzene ring substituents is 1. The van der Waals surface area contributed by atoms with E-state index in [1.807, 2.05) is 26.0 Å². The van der Waals surface area contributed by atoms with Crippen molar-refractivity contribution in [2.45, 2.75) is 33.6 Å². The molecule has 0 amide bonds. The molecule has 0 N–H and O–H groups in total. The third kappa shape index (κ3) is 4.28. The number of allylic oxidation sites excluding steroid dienone is 1. The molecular formula is C21H22N2O3. The highest BCUT2D eigenvalue weighted by molar-refractivity contribution is 5.90. The van der Waals surface area contributed by atoms with E-state index in [1.165, 1.54) is 12.1 Å². The standard InChI is InChI=1S/C21H22N2O3/c1-5-26-21-9-15(4)17(12-20(21)14(2)3)10-18(13-22)16-7-6-8-19(11-16)23(24)25/h6-12,14H,5H2,1-4H3/b18-10-. The second-order valence-corrected chi connectivity index (χ2v) is 6.31. The van der Waals surface area contributed by atoms with Crippen LogP contribution < -0.4 is 4.74 Å². The SMILES string of the molecule is CCOc1cc(C)c(/C=C(/C#N)c2cccc([N+](=O)[O-])c2)cc1C(C)C. The maximum Gasteiger partial charge on any atom is 0.270 e. The lowest BCUT2D eigenvalue weighted by molar-refractivity contribution is -0.384. The maximum atomic E-state index is 11.0. The Kier molecular flexibility index (Phi) is 6.13. The van der Waals surface area contributed by atoms with Gasteiger partial charge in [-0.2, -0.15) is 5.26 Å². The molecule has 26 heavy (non-hydrogen) atoms. The highest BCUT2D eigenvalue weighted by Crippen LogP contribution is 2.32. The summed E-state index contributed by atoms with van der Waals surface area (Å²) in [7, 11) is 0. The molecule has 2 rings (SSSR count). The number of nitrogens with zero attached hydrogens (tertiary/aromatic N) is 2. The van der Waals surface area contributed by atoms with Crippen molar-refractivity contribution in [1.82, 2.24) is 0 Å². The van der Waals surface area contributed by atoms with Gasteiger partial charge in [-0.15, -0.1) is 0 Å². The van der Waals surface area contributed by atoms with Gasteiger partial charge in [0.15, 0.2) is 0 Å². The zero-order chi connectivity index (χ0) is 19.3. The van der Waals surface area contributed by atoms with E-state index in [2.05, 4.69) is 19.9 Å². The van der Waals surface area contributed by atoms with Crippen LogP contribution in [0.1, 0.15) is 48.9 Å². The largest absolute Gasteiger partial charge is 0.494 e. The molecule has 5 heteroatoms. The Morgan fingerprint density at radius 1 is 1.35 bits per heavy atom. The van der Waals surface area contributed by atoms with Gasteiger partial charge in [-0.1, -0.05) is 26.0 Å². The highest BCUT2D eigenvalue weighted by Gasteiger charge is 2.13. The summed E-state index contributed by atoms with van der Waals surface area (Å²) in [5, 5.41) is 20.6. The van der Waals surface area contributed by atoms with Gasteiger partial charge in [0.25, 0.3) is 5.69 Å². The van der Waals surface area contributed by atoms with Crippen molar-refractivity contribution in [3.05, 3.63) is 68.8 Å². The molecule has 2 aromatic rings.